The molecule has 1 fully saturated rings. The van der Waals surface area contributed by atoms with E-state index in [4.69, 9.17) is 10.5 Å². The second kappa shape index (κ2) is 7.66. The Balaban J connectivity index is 1.56. The zero-order valence-electron chi connectivity index (χ0n) is 14.7. The number of nitrogen functional groups attached to an aromatic ring is 1. The Kier molecular flexibility index (Phi) is 5.09. The van der Waals surface area contributed by atoms with Crippen LogP contribution in [0.2, 0.25) is 0 Å². The Labute approximate surface area is 165 Å². The van der Waals surface area contributed by atoms with Gasteiger partial charge in [-0.2, -0.15) is 5.10 Å². The molecule has 0 aliphatic carbocycles. The Morgan fingerprint density at radius 1 is 1.30 bits per heavy atom. The zero-order chi connectivity index (χ0) is 18.8. The van der Waals surface area contributed by atoms with Gasteiger partial charge in [-0.05, 0) is 47.0 Å². The zero-order valence-corrected chi connectivity index (χ0v) is 16.3. The number of nitrogens with zero attached hydrogens (tertiary/aromatic N) is 4. The predicted octanol–water partition coefficient (Wildman–Crippen LogP) is 2.78. The van der Waals surface area contributed by atoms with Crippen molar-refractivity contribution in [3.05, 3.63) is 41.1 Å². The van der Waals surface area contributed by atoms with Gasteiger partial charge in [-0.1, -0.05) is 12.1 Å². The van der Waals surface area contributed by atoms with Gasteiger partial charge in [0.25, 0.3) is 0 Å². The Bertz CT molecular complexity index is 966. The number of nitrogens with two attached hydrogens (primary N) is 1. The maximum Gasteiger partial charge on any atom is 0.152 e. The van der Waals surface area contributed by atoms with Crippen LogP contribution in [0.3, 0.4) is 0 Å². The minimum Gasteiger partial charge on any atom is -0.490 e. The fraction of sp³-hybridized carbons (Fsp3) is 0.316. The van der Waals surface area contributed by atoms with Gasteiger partial charge in [0.2, 0.25) is 0 Å². The fourth-order valence-corrected chi connectivity index (χ4v) is 4.05. The van der Waals surface area contributed by atoms with E-state index in [0.717, 1.165) is 59.2 Å². The monoisotopic (exact) mass is 429 g/mol. The van der Waals surface area contributed by atoms with E-state index in [1.807, 2.05) is 30.3 Å². The van der Waals surface area contributed by atoms with E-state index in [9.17, 15) is 4.79 Å². The van der Waals surface area contributed by atoms with Gasteiger partial charge in [-0.3, -0.25) is 4.90 Å². The first-order chi connectivity index (χ1) is 13.2. The molecule has 1 saturated heterocycles. The summed E-state index contributed by atoms with van der Waals surface area (Å²) in [6.07, 6.45) is 4.41. The number of aldehydes is 1. The van der Waals surface area contributed by atoms with Crippen LogP contribution >= 0.6 is 15.9 Å². The van der Waals surface area contributed by atoms with Gasteiger partial charge in [0.1, 0.15) is 30.0 Å². The van der Waals surface area contributed by atoms with Crippen LogP contribution < -0.4 is 10.5 Å². The van der Waals surface area contributed by atoms with Crippen molar-refractivity contribution in [1.29, 1.82) is 0 Å². The number of carbonyl (C=O) groups is 1. The highest BCUT2D eigenvalue weighted by Gasteiger charge is 2.20. The summed E-state index contributed by atoms with van der Waals surface area (Å²) in [5, 5.41) is 4.33. The van der Waals surface area contributed by atoms with E-state index in [2.05, 4.69) is 30.9 Å². The third-order valence-electron chi connectivity index (χ3n) is 4.84. The summed E-state index contributed by atoms with van der Waals surface area (Å²) in [7, 11) is 0. The quantitative estimate of drug-likeness (QED) is 0.627. The number of hydrogen-bond donors (Lipinski definition) is 1. The Morgan fingerprint density at radius 3 is 2.89 bits per heavy atom. The third-order valence-corrected chi connectivity index (χ3v) is 5.44. The number of ether oxygens (including phenoxy) is 1. The molecule has 2 N–H and O–H groups in total. The molecule has 27 heavy (non-hydrogen) atoms. The number of benzene rings is 1. The maximum absolute atomic E-state index is 10.6. The normalized spacial score (nSPS) is 15.9. The van der Waals surface area contributed by atoms with Crippen molar-refractivity contribution in [2.24, 2.45) is 0 Å². The van der Waals surface area contributed by atoms with Gasteiger partial charge in [-0.15, -0.1) is 0 Å². The first-order valence-corrected chi connectivity index (χ1v) is 9.66. The number of likely N-dealkylation sites (tertiary alicyclic amines) is 1. The number of fused-ring (bicyclic) bond motifs is 1. The SMILES string of the molecule is Nc1ncnn2c(-c3cccc(OC4CCN(CC=O)CC4)c3)cc(Br)c12. The Morgan fingerprint density at radius 2 is 2.11 bits per heavy atom. The van der Waals surface area contributed by atoms with E-state index in [1.54, 1.807) is 4.52 Å². The minimum atomic E-state index is 0.164. The molecule has 1 aromatic carbocycles. The third kappa shape index (κ3) is 3.68. The van der Waals surface area contributed by atoms with E-state index in [1.165, 1.54) is 6.33 Å². The molecule has 1 aliphatic heterocycles. The van der Waals surface area contributed by atoms with Gasteiger partial charge in [-0.25, -0.2) is 9.50 Å². The van der Waals surface area contributed by atoms with E-state index in [0.29, 0.717) is 12.4 Å². The minimum absolute atomic E-state index is 0.164. The summed E-state index contributed by atoms with van der Waals surface area (Å²) in [5.41, 5.74) is 8.64. The summed E-state index contributed by atoms with van der Waals surface area (Å²) < 4.78 is 8.83. The fourth-order valence-electron chi connectivity index (χ4n) is 3.46. The van der Waals surface area contributed by atoms with Crippen LogP contribution in [0.5, 0.6) is 5.75 Å². The number of rotatable bonds is 5. The first-order valence-electron chi connectivity index (χ1n) is 8.86. The molecule has 8 heteroatoms. The van der Waals surface area contributed by atoms with E-state index < -0.39 is 0 Å². The smallest absolute Gasteiger partial charge is 0.152 e. The average Bonchev–Trinajstić information content (AvgIpc) is 3.02. The van der Waals surface area contributed by atoms with Crippen molar-refractivity contribution in [3.63, 3.8) is 0 Å². The molecule has 0 bridgehead atoms. The number of aromatic nitrogens is 3. The van der Waals surface area contributed by atoms with Gasteiger partial charge in [0.15, 0.2) is 5.82 Å². The van der Waals surface area contributed by atoms with Crippen LogP contribution in [-0.4, -0.2) is 51.5 Å². The van der Waals surface area contributed by atoms with Gasteiger partial charge >= 0.3 is 0 Å². The van der Waals surface area contributed by atoms with Crippen LogP contribution in [0.25, 0.3) is 16.8 Å². The lowest BCUT2D eigenvalue weighted by atomic mass is 10.1. The van der Waals surface area contributed by atoms with Crippen LogP contribution in [0, 0.1) is 0 Å². The molecule has 4 rings (SSSR count). The molecule has 0 unspecified atom stereocenters. The summed E-state index contributed by atoms with van der Waals surface area (Å²) in [6.45, 7) is 2.27. The van der Waals surface area contributed by atoms with Crippen LogP contribution in [0.15, 0.2) is 41.1 Å². The van der Waals surface area contributed by atoms with Crippen molar-refractivity contribution in [3.8, 4) is 17.0 Å². The maximum atomic E-state index is 10.6. The standard InChI is InChI=1S/C19H20BrN5O2/c20-16-11-17(25-18(16)19(21)22-12-23-25)13-2-1-3-15(10-13)27-14-4-6-24(7-5-14)8-9-26/h1-3,9-12,14H,4-8H2,(H2,21,22,23). The summed E-state index contributed by atoms with van der Waals surface area (Å²) in [4.78, 5) is 16.8. The number of hydrogen-bond acceptors (Lipinski definition) is 6. The summed E-state index contributed by atoms with van der Waals surface area (Å²) >= 11 is 3.54. The number of carbonyl (C=O) groups excluding carboxylic acids is 1. The molecule has 0 spiro atoms. The molecule has 0 amide bonds. The number of piperidine rings is 1. The molecule has 140 valence electrons. The highest BCUT2D eigenvalue weighted by atomic mass is 79.9. The van der Waals surface area contributed by atoms with Crippen molar-refractivity contribution in [2.75, 3.05) is 25.4 Å². The van der Waals surface area contributed by atoms with Crippen molar-refractivity contribution < 1.29 is 9.53 Å². The average molecular weight is 430 g/mol. The molecular formula is C19H20BrN5O2. The molecule has 7 nitrogen and oxygen atoms in total. The van der Waals surface area contributed by atoms with E-state index >= 15 is 0 Å². The predicted molar refractivity (Wildman–Crippen MR) is 107 cm³/mol. The van der Waals surface area contributed by atoms with E-state index in [-0.39, 0.29) is 6.10 Å². The van der Waals surface area contributed by atoms with Gasteiger partial charge in [0, 0.05) is 23.1 Å². The molecular weight excluding hydrogens is 410 g/mol. The molecule has 0 saturated carbocycles. The van der Waals surface area contributed by atoms with Crippen LogP contribution in [-0.2, 0) is 4.79 Å². The number of anilines is 1. The van der Waals surface area contributed by atoms with Crippen molar-refractivity contribution in [1.82, 2.24) is 19.5 Å². The molecule has 0 radical (unpaired) electrons. The van der Waals surface area contributed by atoms with Crippen molar-refractivity contribution >= 4 is 33.6 Å². The molecule has 1 aliphatic rings. The van der Waals surface area contributed by atoms with Crippen molar-refractivity contribution in [2.45, 2.75) is 18.9 Å². The molecule has 0 atom stereocenters. The second-order valence-corrected chi connectivity index (χ2v) is 7.45. The summed E-state index contributed by atoms with van der Waals surface area (Å²) in [5.74, 6) is 1.26. The summed E-state index contributed by atoms with van der Waals surface area (Å²) in [6, 6.07) is 9.97. The molecule has 3 aromatic rings. The lowest BCUT2D eigenvalue weighted by Crippen LogP contribution is -2.39. The lowest BCUT2D eigenvalue weighted by molar-refractivity contribution is -0.109. The topological polar surface area (TPSA) is 85.8 Å². The Hall–Kier alpha value is -2.45. The second-order valence-electron chi connectivity index (χ2n) is 6.60. The first kappa shape index (κ1) is 17.9. The molecule has 3 heterocycles. The van der Waals surface area contributed by atoms with Crippen LogP contribution in [0.1, 0.15) is 12.8 Å². The molecule has 2 aromatic heterocycles. The number of halogens is 1. The largest absolute Gasteiger partial charge is 0.490 e. The highest BCUT2D eigenvalue weighted by Crippen LogP contribution is 2.33. The van der Waals surface area contributed by atoms with Crippen LogP contribution in [0.4, 0.5) is 5.82 Å². The lowest BCUT2D eigenvalue weighted by Gasteiger charge is -2.30. The highest BCUT2D eigenvalue weighted by molar-refractivity contribution is 9.10. The van der Waals surface area contributed by atoms with Gasteiger partial charge < -0.3 is 15.3 Å². The van der Waals surface area contributed by atoms with Gasteiger partial charge in [0.05, 0.1) is 12.2 Å².